The standard InChI is InChI=1S/C14H17ClFNO2/c1-13(10-14(13,15)16)7-8-17-12(18)19-9-11-5-3-2-4-6-11/h2-6H,7-10H2,1H3,(H,17,18). The van der Waals surface area contributed by atoms with E-state index in [-0.39, 0.29) is 6.61 Å². The van der Waals surface area contributed by atoms with Gasteiger partial charge in [-0.15, -0.1) is 0 Å². The SMILES string of the molecule is CC1(CCNC(=O)OCc2ccccc2)CC1(F)Cl. The predicted molar refractivity (Wildman–Crippen MR) is 71.7 cm³/mol. The van der Waals surface area contributed by atoms with E-state index in [9.17, 15) is 9.18 Å². The van der Waals surface area contributed by atoms with E-state index in [1.54, 1.807) is 6.92 Å². The number of hydrogen-bond donors (Lipinski definition) is 1. The quantitative estimate of drug-likeness (QED) is 0.839. The van der Waals surface area contributed by atoms with Gasteiger partial charge in [-0.25, -0.2) is 9.18 Å². The van der Waals surface area contributed by atoms with Crippen molar-refractivity contribution in [3.63, 3.8) is 0 Å². The molecule has 0 aromatic heterocycles. The van der Waals surface area contributed by atoms with Crippen LogP contribution in [0.15, 0.2) is 30.3 Å². The van der Waals surface area contributed by atoms with Crippen molar-refractivity contribution >= 4 is 17.7 Å². The molecule has 5 heteroatoms. The molecule has 1 fully saturated rings. The van der Waals surface area contributed by atoms with E-state index < -0.39 is 16.6 Å². The van der Waals surface area contributed by atoms with Gasteiger partial charge < -0.3 is 10.1 Å². The Kier molecular flexibility index (Phi) is 3.99. The zero-order valence-electron chi connectivity index (χ0n) is 10.8. The van der Waals surface area contributed by atoms with E-state index in [0.29, 0.717) is 19.4 Å². The average Bonchev–Trinajstić information content (AvgIpc) is 2.87. The summed E-state index contributed by atoms with van der Waals surface area (Å²) >= 11 is 5.59. The molecule has 19 heavy (non-hydrogen) atoms. The monoisotopic (exact) mass is 285 g/mol. The normalized spacial score (nSPS) is 28.8. The molecule has 3 nitrogen and oxygen atoms in total. The maximum absolute atomic E-state index is 13.4. The van der Waals surface area contributed by atoms with Crippen LogP contribution in [0.1, 0.15) is 25.3 Å². The number of carbonyl (C=O) groups is 1. The van der Waals surface area contributed by atoms with Crippen LogP contribution >= 0.6 is 11.6 Å². The van der Waals surface area contributed by atoms with Gasteiger partial charge in [0.25, 0.3) is 0 Å². The van der Waals surface area contributed by atoms with Gasteiger partial charge in [0.2, 0.25) is 0 Å². The topological polar surface area (TPSA) is 38.3 Å². The van der Waals surface area contributed by atoms with Crippen molar-refractivity contribution in [1.82, 2.24) is 5.32 Å². The van der Waals surface area contributed by atoms with E-state index in [1.165, 1.54) is 0 Å². The van der Waals surface area contributed by atoms with Crippen LogP contribution < -0.4 is 5.32 Å². The number of alkyl halides is 2. The lowest BCUT2D eigenvalue weighted by Gasteiger charge is -2.11. The van der Waals surface area contributed by atoms with Crippen LogP contribution in [0.25, 0.3) is 0 Å². The fourth-order valence-corrected chi connectivity index (χ4v) is 2.32. The number of alkyl carbamates (subject to hydrolysis) is 1. The first-order valence-electron chi connectivity index (χ1n) is 6.25. The van der Waals surface area contributed by atoms with Crippen molar-refractivity contribution in [3.8, 4) is 0 Å². The van der Waals surface area contributed by atoms with E-state index in [2.05, 4.69) is 5.32 Å². The Morgan fingerprint density at radius 3 is 2.68 bits per heavy atom. The fourth-order valence-electron chi connectivity index (χ4n) is 1.93. The number of hydrogen-bond acceptors (Lipinski definition) is 2. The summed E-state index contributed by atoms with van der Waals surface area (Å²) in [6, 6.07) is 9.42. The van der Waals surface area contributed by atoms with Gasteiger partial charge in [-0.05, 0) is 12.0 Å². The lowest BCUT2D eigenvalue weighted by Crippen LogP contribution is -2.27. The summed E-state index contributed by atoms with van der Waals surface area (Å²) in [5.41, 5.74) is 0.400. The van der Waals surface area contributed by atoms with Crippen molar-refractivity contribution in [2.24, 2.45) is 5.41 Å². The highest BCUT2D eigenvalue weighted by molar-refractivity contribution is 6.25. The van der Waals surface area contributed by atoms with Crippen molar-refractivity contribution in [2.45, 2.75) is 31.5 Å². The van der Waals surface area contributed by atoms with Crippen LogP contribution in [0.5, 0.6) is 0 Å². The van der Waals surface area contributed by atoms with Gasteiger partial charge in [0.15, 0.2) is 5.13 Å². The van der Waals surface area contributed by atoms with Gasteiger partial charge in [-0.1, -0.05) is 48.9 Å². The minimum atomic E-state index is -1.61. The third-order valence-corrected chi connectivity index (χ3v) is 4.12. The summed E-state index contributed by atoms with van der Waals surface area (Å²) in [5, 5.41) is 0.992. The van der Waals surface area contributed by atoms with E-state index >= 15 is 0 Å². The molecule has 1 aromatic carbocycles. The zero-order valence-corrected chi connectivity index (χ0v) is 11.5. The molecule has 1 N–H and O–H groups in total. The molecule has 2 rings (SSSR count). The molecule has 1 amide bonds. The Balaban J connectivity index is 1.63. The van der Waals surface area contributed by atoms with Gasteiger partial charge in [0.1, 0.15) is 6.61 Å². The highest BCUT2D eigenvalue weighted by Crippen LogP contribution is 2.63. The molecule has 0 bridgehead atoms. The first-order valence-corrected chi connectivity index (χ1v) is 6.63. The number of ether oxygens (including phenoxy) is 1. The van der Waals surface area contributed by atoms with E-state index in [1.807, 2.05) is 30.3 Å². The number of rotatable bonds is 5. The Hall–Kier alpha value is -1.29. The second-order valence-corrected chi connectivity index (χ2v) is 5.78. The second-order valence-electron chi connectivity index (χ2n) is 5.18. The van der Waals surface area contributed by atoms with Gasteiger partial charge >= 0.3 is 6.09 Å². The first-order chi connectivity index (χ1) is 8.93. The highest BCUT2D eigenvalue weighted by Gasteiger charge is 2.64. The molecule has 1 saturated carbocycles. The molecule has 2 unspecified atom stereocenters. The molecule has 0 radical (unpaired) electrons. The van der Waals surface area contributed by atoms with Crippen LogP contribution in [-0.2, 0) is 11.3 Å². The minimum Gasteiger partial charge on any atom is -0.445 e. The number of carbonyl (C=O) groups excluding carboxylic acids is 1. The summed E-state index contributed by atoms with van der Waals surface area (Å²) in [4.78, 5) is 11.4. The molecular weight excluding hydrogens is 269 g/mol. The molecule has 1 aromatic rings. The number of nitrogens with one attached hydrogen (secondary N) is 1. The van der Waals surface area contributed by atoms with Crippen molar-refractivity contribution in [1.29, 1.82) is 0 Å². The molecule has 0 saturated heterocycles. The highest BCUT2D eigenvalue weighted by atomic mass is 35.5. The third kappa shape index (κ3) is 3.60. The van der Waals surface area contributed by atoms with Gasteiger partial charge in [-0.3, -0.25) is 0 Å². The molecule has 2 atom stereocenters. The molecule has 0 heterocycles. The minimum absolute atomic E-state index is 0.229. The average molecular weight is 286 g/mol. The predicted octanol–water partition coefficient (Wildman–Crippen LogP) is 3.62. The van der Waals surface area contributed by atoms with Crippen molar-refractivity contribution in [2.75, 3.05) is 6.54 Å². The van der Waals surface area contributed by atoms with Crippen LogP contribution in [-0.4, -0.2) is 17.8 Å². The van der Waals surface area contributed by atoms with Crippen molar-refractivity contribution < 1.29 is 13.9 Å². The lowest BCUT2D eigenvalue weighted by atomic mass is 10.1. The maximum Gasteiger partial charge on any atom is 0.407 e. The Labute approximate surface area is 117 Å². The summed E-state index contributed by atoms with van der Waals surface area (Å²) in [5.74, 6) is 0. The smallest absolute Gasteiger partial charge is 0.407 e. The second kappa shape index (κ2) is 5.37. The Bertz CT molecular complexity index is 452. The number of amides is 1. The summed E-state index contributed by atoms with van der Waals surface area (Å²) in [6.45, 7) is 2.37. The van der Waals surface area contributed by atoms with Crippen LogP contribution in [0.4, 0.5) is 9.18 Å². The molecule has 1 aliphatic rings. The van der Waals surface area contributed by atoms with Crippen molar-refractivity contribution in [3.05, 3.63) is 35.9 Å². The number of halogens is 2. The molecule has 0 aliphatic heterocycles. The Morgan fingerprint density at radius 1 is 1.47 bits per heavy atom. The molecule has 0 spiro atoms. The largest absolute Gasteiger partial charge is 0.445 e. The third-order valence-electron chi connectivity index (χ3n) is 3.53. The summed E-state index contributed by atoms with van der Waals surface area (Å²) in [6.07, 6.45) is 0.350. The van der Waals surface area contributed by atoms with E-state index in [4.69, 9.17) is 16.3 Å². The lowest BCUT2D eigenvalue weighted by molar-refractivity contribution is 0.138. The van der Waals surface area contributed by atoms with Crippen LogP contribution in [0.2, 0.25) is 0 Å². The maximum atomic E-state index is 13.4. The van der Waals surface area contributed by atoms with E-state index in [0.717, 1.165) is 5.56 Å². The summed E-state index contributed by atoms with van der Waals surface area (Å²) in [7, 11) is 0. The zero-order chi connectivity index (χ0) is 13.9. The van der Waals surface area contributed by atoms with Gasteiger partial charge in [0, 0.05) is 18.4 Å². The van der Waals surface area contributed by atoms with Crippen LogP contribution in [0.3, 0.4) is 0 Å². The van der Waals surface area contributed by atoms with Gasteiger partial charge in [0.05, 0.1) is 0 Å². The molecular formula is C14H17ClFNO2. The summed E-state index contributed by atoms with van der Waals surface area (Å²) < 4.78 is 18.4. The first kappa shape index (κ1) is 14.1. The Morgan fingerprint density at radius 2 is 2.11 bits per heavy atom. The fraction of sp³-hybridized carbons (Fsp3) is 0.500. The van der Waals surface area contributed by atoms with Gasteiger partial charge in [-0.2, -0.15) is 0 Å². The molecule has 1 aliphatic carbocycles. The molecule has 104 valence electrons. The number of benzene rings is 1. The van der Waals surface area contributed by atoms with Crippen LogP contribution in [0, 0.1) is 5.41 Å².